The number of benzene rings is 1. The molecule has 0 aliphatic rings. The zero-order valence-corrected chi connectivity index (χ0v) is 16.9. The number of thiophene rings is 1. The number of rotatable bonds is 8. The van der Waals surface area contributed by atoms with E-state index in [1.807, 2.05) is 44.2 Å². The van der Waals surface area contributed by atoms with Gasteiger partial charge in [-0.2, -0.15) is 0 Å². The number of amides is 1. The average Bonchev–Trinajstić information content (AvgIpc) is 2.96. The first-order valence-corrected chi connectivity index (χ1v) is 9.73. The lowest BCUT2D eigenvalue weighted by molar-refractivity contribution is -0.147. The maximum Gasteiger partial charge on any atom is 0.306 e. The van der Waals surface area contributed by atoms with Crippen molar-refractivity contribution in [1.29, 1.82) is 0 Å². The van der Waals surface area contributed by atoms with Crippen LogP contribution in [0.2, 0.25) is 0 Å². The Balaban J connectivity index is 1.73. The molecule has 1 aromatic heterocycles. The van der Waals surface area contributed by atoms with E-state index in [9.17, 15) is 14.4 Å². The third-order valence-electron chi connectivity index (χ3n) is 4.12. The van der Waals surface area contributed by atoms with Crippen LogP contribution in [0.4, 0.5) is 5.69 Å². The number of anilines is 1. The first-order chi connectivity index (χ1) is 12.8. The standard InChI is InChI=1S/C21H25NO4S/c1-13(2)16-5-7-17(8-6-16)22-20(24)12-26-21(25)10-9-19(23)18-11-14(3)27-15(18)4/h5-8,11,13H,9-10,12H2,1-4H3,(H,22,24). The molecule has 0 saturated carbocycles. The number of ether oxygens (including phenoxy) is 1. The number of ketones is 1. The fourth-order valence-electron chi connectivity index (χ4n) is 2.62. The van der Waals surface area contributed by atoms with Crippen molar-refractivity contribution < 1.29 is 19.1 Å². The van der Waals surface area contributed by atoms with Crippen LogP contribution in [0.25, 0.3) is 0 Å². The van der Waals surface area contributed by atoms with E-state index < -0.39 is 11.9 Å². The molecule has 6 heteroatoms. The average molecular weight is 388 g/mol. The molecule has 5 nitrogen and oxygen atoms in total. The lowest BCUT2D eigenvalue weighted by atomic mass is 10.0. The molecule has 0 spiro atoms. The number of Topliss-reactive ketones (excluding diaryl/α,β-unsaturated/α-hetero) is 1. The minimum atomic E-state index is -0.557. The summed E-state index contributed by atoms with van der Waals surface area (Å²) in [5.74, 6) is -0.627. The Morgan fingerprint density at radius 3 is 2.30 bits per heavy atom. The highest BCUT2D eigenvalue weighted by molar-refractivity contribution is 7.12. The van der Waals surface area contributed by atoms with Crippen LogP contribution in [-0.4, -0.2) is 24.3 Å². The maximum absolute atomic E-state index is 12.2. The van der Waals surface area contributed by atoms with Crippen molar-refractivity contribution in [3.05, 3.63) is 51.2 Å². The van der Waals surface area contributed by atoms with Gasteiger partial charge in [0, 0.05) is 27.4 Å². The lowest BCUT2D eigenvalue weighted by Crippen LogP contribution is -2.21. The zero-order chi connectivity index (χ0) is 20.0. The number of carbonyl (C=O) groups excluding carboxylic acids is 3. The summed E-state index contributed by atoms with van der Waals surface area (Å²) in [6, 6.07) is 9.38. The Morgan fingerprint density at radius 1 is 1.07 bits per heavy atom. The van der Waals surface area contributed by atoms with Gasteiger partial charge in [-0.25, -0.2) is 0 Å². The number of nitrogens with one attached hydrogen (secondary N) is 1. The normalized spacial score (nSPS) is 10.7. The van der Waals surface area contributed by atoms with Gasteiger partial charge in [0.2, 0.25) is 0 Å². The van der Waals surface area contributed by atoms with E-state index in [1.165, 1.54) is 5.56 Å². The molecule has 1 heterocycles. The van der Waals surface area contributed by atoms with Crippen LogP contribution in [0.15, 0.2) is 30.3 Å². The fourth-order valence-corrected chi connectivity index (χ4v) is 3.57. The predicted molar refractivity (Wildman–Crippen MR) is 107 cm³/mol. The minimum Gasteiger partial charge on any atom is -0.456 e. The van der Waals surface area contributed by atoms with Crippen LogP contribution in [0.1, 0.15) is 58.3 Å². The van der Waals surface area contributed by atoms with Crippen molar-refractivity contribution in [3.63, 3.8) is 0 Å². The highest BCUT2D eigenvalue weighted by Gasteiger charge is 2.15. The Kier molecular flexibility index (Phi) is 7.30. The van der Waals surface area contributed by atoms with Crippen molar-refractivity contribution >= 4 is 34.7 Å². The molecule has 0 aliphatic heterocycles. The summed E-state index contributed by atoms with van der Waals surface area (Å²) in [7, 11) is 0. The second-order valence-electron chi connectivity index (χ2n) is 6.74. The van der Waals surface area contributed by atoms with Crippen LogP contribution in [0.3, 0.4) is 0 Å². The molecule has 1 amide bonds. The topological polar surface area (TPSA) is 72.5 Å². The lowest BCUT2D eigenvalue weighted by Gasteiger charge is -2.09. The van der Waals surface area contributed by atoms with Gasteiger partial charge >= 0.3 is 5.97 Å². The van der Waals surface area contributed by atoms with E-state index in [0.717, 1.165) is 9.75 Å². The summed E-state index contributed by atoms with van der Waals surface area (Å²) in [6.45, 7) is 7.66. The minimum absolute atomic E-state index is 0.0382. The van der Waals surface area contributed by atoms with E-state index in [0.29, 0.717) is 17.2 Å². The van der Waals surface area contributed by atoms with Gasteiger partial charge in [0.05, 0.1) is 6.42 Å². The molecule has 0 atom stereocenters. The maximum atomic E-state index is 12.2. The van der Waals surface area contributed by atoms with Gasteiger partial charge in [-0.05, 0) is 43.5 Å². The third-order valence-corrected chi connectivity index (χ3v) is 5.09. The predicted octanol–water partition coefficient (Wildman–Crippen LogP) is 4.63. The number of carbonyl (C=O) groups is 3. The molecule has 2 rings (SSSR count). The monoisotopic (exact) mass is 387 g/mol. The van der Waals surface area contributed by atoms with Gasteiger partial charge in [0.25, 0.3) is 5.91 Å². The summed E-state index contributed by atoms with van der Waals surface area (Å²) in [5, 5.41) is 2.68. The molecule has 1 aromatic carbocycles. The van der Waals surface area contributed by atoms with Crippen molar-refractivity contribution in [3.8, 4) is 0 Å². The Hall–Kier alpha value is -2.47. The number of esters is 1. The molecular formula is C21H25NO4S. The van der Waals surface area contributed by atoms with E-state index >= 15 is 0 Å². The zero-order valence-electron chi connectivity index (χ0n) is 16.1. The smallest absolute Gasteiger partial charge is 0.306 e. The Bertz CT molecular complexity index is 821. The van der Waals surface area contributed by atoms with E-state index in [1.54, 1.807) is 11.3 Å². The molecule has 1 N–H and O–H groups in total. The largest absolute Gasteiger partial charge is 0.456 e. The van der Waals surface area contributed by atoms with Crippen LogP contribution in [-0.2, 0) is 14.3 Å². The summed E-state index contributed by atoms with van der Waals surface area (Å²) in [5.41, 5.74) is 2.49. The second kappa shape index (κ2) is 9.46. The number of aryl methyl sites for hydroxylation is 2. The second-order valence-corrected chi connectivity index (χ2v) is 8.20. The van der Waals surface area contributed by atoms with Gasteiger partial charge in [-0.3, -0.25) is 14.4 Å². The first-order valence-electron chi connectivity index (χ1n) is 8.92. The van der Waals surface area contributed by atoms with Crippen LogP contribution in [0, 0.1) is 13.8 Å². The highest BCUT2D eigenvalue weighted by Crippen LogP contribution is 2.22. The number of hydrogen-bond donors (Lipinski definition) is 1. The summed E-state index contributed by atoms with van der Waals surface area (Å²) < 4.78 is 4.96. The van der Waals surface area contributed by atoms with Gasteiger partial charge in [0.1, 0.15) is 0 Å². The molecule has 0 fully saturated rings. The molecule has 0 aliphatic carbocycles. The summed E-state index contributed by atoms with van der Waals surface area (Å²) in [4.78, 5) is 37.9. The van der Waals surface area contributed by atoms with E-state index in [2.05, 4.69) is 19.2 Å². The van der Waals surface area contributed by atoms with E-state index in [-0.39, 0.29) is 25.2 Å². The molecule has 0 unspecified atom stereocenters. The molecule has 0 radical (unpaired) electrons. The molecule has 27 heavy (non-hydrogen) atoms. The van der Waals surface area contributed by atoms with Crippen LogP contribution < -0.4 is 5.32 Å². The Morgan fingerprint density at radius 2 is 1.74 bits per heavy atom. The van der Waals surface area contributed by atoms with Crippen molar-refractivity contribution in [2.75, 3.05) is 11.9 Å². The van der Waals surface area contributed by atoms with Crippen molar-refractivity contribution in [2.45, 2.75) is 46.5 Å². The molecule has 144 valence electrons. The van der Waals surface area contributed by atoms with Gasteiger partial charge in [-0.15, -0.1) is 11.3 Å². The third kappa shape index (κ3) is 6.32. The quantitative estimate of drug-likeness (QED) is 0.529. The fraction of sp³-hybridized carbons (Fsp3) is 0.381. The van der Waals surface area contributed by atoms with E-state index in [4.69, 9.17) is 4.74 Å². The number of hydrogen-bond acceptors (Lipinski definition) is 5. The Labute approximate surface area is 163 Å². The van der Waals surface area contributed by atoms with Crippen LogP contribution >= 0.6 is 11.3 Å². The van der Waals surface area contributed by atoms with Gasteiger partial charge in [-0.1, -0.05) is 26.0 Å². The molecule has 0 bridgehead atoms. The SMILES string of the molecule is Cc1cc(C(=O)CCC(=O)OCC(=O)Nc2ccc(C(C)C)cc2)c(C)s1. The first kappa shape index (κ1) is 20.8. The van der Waals surface area contributed by atoms with Crippen molar-refractivity contribution in [1.82, 2.24) is 0 Å². The highest BCUT2D eigenvalue weighted by atomic mass is 32.1. The summed E-state index contributed by atoms with van der Waals surface area (Å²) in [6.07, 6.45) is 0.0393. The molecule has 2 aromatic rings. The van der Waals surface area contributed by atoms with Gasteiger partial charge < -0.3 is 10.1 Å². The molecule has 0 saturated heterocycles. The van der Waals surface area contributed by atoms with Crippen LogP contribution in [0.5, 0.6) is 0 Å². The van der Waals surface area contributed by atoms with Crippen molar-refractivity contribution in [2.24, 2.45) is 0 Å². The summed E-state index contributed by atoms with van der Waals surface area (Å²) >= 11 is 1.56. The molecular weight excluding hydrogens is 362 g/mol. The van der Waals surface area contributed by atoms with Gasteiger partial charge in [0.15, 0.2) is 12.4 Å².